The van der Waals surface area contributed by atoms with Gasteiger partial charge in [-0.1, -0.05) is 19.3 Å². The third-order valence-electron chi connectivity index (χ3n) is 5.45. The van der Waals surface area contributed by atoms with Crippen LogP contribution in [0.25, 0.3) is 0 Å². The summed E-state index contributed by atoms with van der Waals surface area (Å²) < 4.78 is 0. The molecule has 1 aliphatic heterocycles. The van der Waals surface area contributed by atoms with Gasteiger partial charge < -0.3 is 5.32 Å². The van der Waals surface area contributed by atoms with E-state index in [-0.39, 0.29) is 0 Å². The lowest BCUT2D eigenvalue weighted by Crippen LogP contribution is -2.47. The second-order valence-corrected chi connectivity index (χ2v) is 7.02. The van der Waals surface area contributed by atoms with Crippen molar-refractivity contribution in [1.82, 2.24) is 15.1 Å². The van der Waals surface area contributed by atoms with Gasteiger partial charge in [-0.05, 0) is 51.6 Å². The standard InChI is InChI=1S/C18H27N5/c1-13-14(2)21-22-18(17(13)11-19)20-15-7-6-10-23(12-15)16-8-4-3-5-9-16/h15-16H,3-10,12H2,1-2H3,(H,20,22). The fourth-order valence-electron chi connectivity index (χ4n) is 3.94. The van der Waals surface area contributed by atoms with Crippen LogP contribution in [0, 0.1) is 25.2 Å². The highest BCUT2D eigenvalue weighted by atomic mass is 15.2. The van der Waals surface area contributed by atoms with E-state index in [0.717, 1.165) is 30.3 Å². The van der Waals surface area contributed by atoms with E-state index in [2.05, 4.69) is 26.5 Å². The fourth-order valence-corrected chi connectivity index (χ4v) is 3.94. The average molecular weight is 313 g/mol. The lowest BCUT2D eigenvalue weighted by atomic mass is 9.92. The van der Waals surface area contributed by atoms with Crippen molar-refractivity contribution in [3.8, 4) is 6.07 Å². The molecule has 5 nitrogen and oxygen atoms in total. The van der Waals surface area contributed by atoms with Crippen LogP contribution in [0.15, 0.2) is 0 Å². The maximum atomic E-state index is 9.44. The zero-order valence-electron chi connectivity index (χ0n) is 14.3. The second-order valence-electron chi connectivity index (χ2n) is 7.02. The molecule has 0 aromatic carbocycles. The number of likely N-dealkylation sites (tertiary alicyclic amines) is 1. The summed E-state index contributed by atoms with van der Waals surface area (Å²) in [5.41, 5.74) is 2.41. The fraction of sp³-hybridized carbons (Fsp3) is 0.722. The molecule has 124 valence electrons. The molecule has 5 heteroatoms. The first-order chi connectivity index (χ1) is 11.2. The van der Waals surface area contributed by atoms with Crippen LogP contribution in [0.1, 0.15) is 61.8 Å². The molecule has 1 saturated carbocycles. The van der Waals surface area contributed by atoms with E-state index in [4.69, 9.17) is 0 Å². The van der Waals surface area contributed by atoms with Gasteiger partial charge >= 0.3 is 0 Å². The van der Waals surface area contributed by atoms with Gasteiger partial charge in [0, 0.05) is 18.6 Å². The van der Waals surface area contributed by atoms with Crippen molar-refractivity contribution in [2.75, 3.05) is 18.4 Å². The van der Waals surface area contributed by atoms with E-state index in [9.17, 15) is 5.26 Å². The van der Waals surface area contributed by atoms with Crippen LogP contribution in [-0.4, -0.2) is 40.3 Å². The Morgan fingerprint density at radius 2 is 1.87 bits per heavy atom. The van der Waals surface area contributed by atoms with E-state index in [0.29, 0.717) is 17.4 Å². The Hall–Kier alpha value is -1.67. The zero-order chi connectivity index (χ0) is 16.2. The van der Waals surface area contributed by atoms with Crippen LogP contribution in [0.5, 0.6) is 0 Å². The molecule has 1 atom stereocenters. The summed E-state index contributed by atoms with van der Waals surface area (Å²) >= 11 is 0. The summed E-state index contributed by atoms with van der Waals surface area (Å²) in [7, 11) is 0. The third kappa shape index (κ3) is 3.64. The summed E-state index contributed by atoms with van der Waals surface area (Å²) in [4.78, 5) is 2.65. The summed E-state index contributed by atoms with van der Waals surface area (Å²) in [5.74, 6) is 0.658. The molecular formula is C18H27N5. The highest BCUT2D eigenvalue weighted by Gasteiger charge is 2.27. The molecule has 1 aliphatic carbocycles. The number of aryl methyl sites for hydroxylation is 1. The van der Waals surface area contributed by atoms with Crippen molar-refractivity contribution in [3.05, 3.63) is 16.8 Å². The van der Waals surface area contributed by atoms with Gasteiger partial charge in [-0.15, -0.1) is 5.10 Å². The van der Waals surface area contributed by atoms with Gasteiger partial charge in [0.15, 0.2) is 5.82 Å². The Morgan fingerprint density at radius 3 is 2.61 bits per heavy atom. The van der Waals surface area contributed by atoms with Crippen LogP contribution in [0.4, 0.5) is 5.82 Å². The Kier molecular flexibility index (Phi) is 5.12. The molecule has 1 aromatic rings. The maximum absolute atomic E-state index is 9.44. The number of nitriles is 1. The third-order valence-corrected chi connectivity index (χ3v) is 5.45. The molecule has 1 saturated heterocycles. The highest BCUT2D eigenvalue weighted by Crippen LogP contribution is 2.27. The van der Waals surface area contributed by atoms with Gasteiger partial charge in [-0.25, -0.2) is 0 Å². The quantitative estimate of drug-likeness (QED) is 0.928. The minimum atomic E-state index is 0.370. The van der Waals surface area contributed by atoms with Gasteiger partial charge in [0.05, 0.1) is 5.69 Å². The molecule has 23 heavy (non-hydrogen) atoms. The van der Waals surface area contributed by atoms with Crippen LogP contribution in [0.2, 0.25) is 0 Å². The zero-order valence-corrected chi connectivity index (χ0v) is 14.3. The van der Waals surface area contributed by atoms with E-state index >= 15 is 0 Å². The molecule has 1 aromatic heterocycles. The van der Waals surface area contributed by atoms with Gasteiger partial charge in [0.2, 0.25) is 0 Å². The first-order valence-corrected chi connectivity index (χ1v) is 8.93. The lowest BCUT2D eigenvalue weighted by Gasteiger charge is -2.40. The summed E-state index contributed by atoms with van der Waals surface area (Å²) in [6, 6.07) is 3.42. The summed E-state index contributed by atoms with van der Waals surface area (Å²) in [6.07, 6.45) is 9.20. The molecule has 0 spiro atoms. The van der Waals surface area contributed by atoms with Crippen molar-refractivity contribution in [2.24, 2.45) is 0 Å². The molecule has 0 amide bonds. The monoisotopic (exact) mass is 313 g/mol. The minimum absolute atomic E-state index is 0.370. The van der Waals surface area contributed by atoms with Crippen LogP contribution >= 0.6 is 0 Å². The first-order valence-electron chi connectivity index (χ1n) is 8.93. The number of hydrogen-bond acceptors (Lipinski definition) is 5. The number of nitrogens with zero attached hydrogens (tertiary/aromatic N) is 4. The molecule has 0 bridgehead atoms. The molecule has 3 rings (SSSR count). The Morgan fingerprint density at radius 1 is 1.09 bits per heavy atom. The van der Waals surface area contributed by atoms with Gasteiger partial charge in [-0.2, -0.15) is 10.4 Å². The Balaban J connectivity index is 1.68. The Labute approximate surface area is 139 Å². The predicted octanol–water partition coefficient (Wildman–Crippen LogP) is 3.17. The minimum Gasteiger partial charge on any atom is -0.363 e. The molecule has 2 aliphatic rings. The topological polar surface area (TPSA) is 64.8 Å². The van der Waals surface area contributed by atoms with Gasteiger partial charge in [-0.3, -0.25) is 4.90 Å². The smallest absolute Gasteiger partial charge is 0.167 e. The number of aromatic nitrogens is 2. The maximum Gasteiger partial charge on any atom is 0.167 e. The second kappa shape index (κ2) is 7.27. The molecule has 0 radical (unpaired) electrons. The predicted molar refractivity (Wildman–Crippen MR) is 91.3 cm³/mol. The normalized spacial score (nSPS) is 23.4. The van der Waals surface area contributed by atoms with E-state index in [1.807, 2.05) is 13.8 Å². The average Bonchev–Trinajstić information content (AvgIpc) is 2.60. The number of nitrogens with one attached hydrogen (secondary N) is 1. The van der Waals surface area contributed by atoms with E-state index in [1.54, 1.807) is 0 Å². The van der Waals surface area contributed by atoms with Gasteiger partial charge in [0.1, 0.15) is 11.6 Å². The number of anilines is 1. The Bertz CT molecular complexity index is 586. The summed E-state index contributed by atoms with van der Waals surface area (Å²) in [5, 5.41) is 21.4. The van der Waals surface area contributed by atoms with Crippen LogP contribution < -0.4 is 5.32 Å². The van der Waals surface area contributed by atoms with Crippen LogP contribution in [-0.2, 0) is 0 Å². The van der Waals surface area contributed by atoms with Crippen molar-refractivity contribution >= 4 is 5.82 Å². The molecular weight excluding hydrogens is 286 g/mol. The number of rotatable bonds is 3. The van der Waals surface area contributed by atoms with Crippen molar-refractivity contribution < 1.29 is 0 Å². The molecule has 2 fully saturated rings. The van der Waals surface area contributed by atoms with E-state index in [1.165, 1.54) is 45.1 Å². The molecule has 2 heterocycles. The molecule has 1 unspecified atom stereocenters. The number of hydrogen-bond donors (Lipinski definition) is 1. The lowest BCUT2D eigenvalue weighted by molar-refractivity contribution is 0.124. The van der Waals surface area contributed by atoms with Gasteiger partial charge in [0.25, 0.3) is 0 Å². The molecule has 1 N–H and O–H groups in total. The first kappa shape index (κ1) is 16.2. The highest BCUT2D eigenvalue weighted by molar-refractivity contribution is 5.56. The van der Waals surface area contributed by atoms with Crippen molar-refractivity contribution in [1.29, 1.82) is 5.26 Å². The van der Waals surface area contributed by atoms with E-state index < -0.39 is 0 Å². The SMILES string of the molecule is Cc1nnc(NC2CCCN(C3CCCCC3)C2)c(C#N)c1C. The van der Waals surface area contributed by atoms with Crippen LogP contribution in [0.3, 0.4) is 0 Å². The number of piperidine rings is 1. The largest absolute Gasteiger partial charge is 0.363 e. The summed E-state index contributed by atoms with van der Waals surface area (Å²) in [6.45, 7) is 6.12. The van der Waals surface area contributed by atoms with Crippen molar-refractivity contribution in [3.63, 3.8) is 0 Å². The van der Waals surface area contributed by atoms with Crippen molar-refractivity contribution in [2.45, 2.75) is 70.9 Å².